The van der Waals surface area contributed by atoms with Gasteiger partial charge in [-0.1, -0.05) is 41.9 Å². The zero-order chi connectivity index (χ0) is 23.5. The molecule has 1 fully saturated rings. The van der Waals surface area contributed by atoms with Crippen LogP contribution < -0.4 is 5.32 Å². The highest BCUT2D eigenvalue weighted by atomic mass is 35.5. The molecule has 4 rings (SSSR count). The van der Waals surface area contributed by atoms with E-state index in [9.17, 15) is 24.5 Å². The van der Waals surface area contributed by atoms with Crippen LogP contribution in [0.15, 0.2) is 65.3 Å². The molecule has 0 aliphatic carbocycles. The minimum absolute atomic E-state index is 0.0408. The van der Waals surface area contributed by atoms with Crippen molar-refractivity contribution in [1.82, 2.24) is 10.2 Å². The van der Waals surface area contributed by atoms with Crippen LogP contribution in [-0.4, -0.2) is 44.8 Å². The van der Waals surface area contributed by atoms with E-state index in [0.29, 0.717) is 11.3 Å². The van der Waals surface area contributed by atoms with Gasteiger partial charge < -0.3 is 10.1 Å². The first-order valence-corrected chi connectivity index (χ1v) is 11.3. The molecule has 0 saturated carbocycles. The van der Waals surface area contributed by atoms with Crippen LogP contribution in [0.2, 0.25) is 0 Å². The molecule has 1 saturated heterocycles. The maximum absolute atomic E-state index is 12.8. The Morgan fingerprint density at radius 2 is 1.85 bits per heavy atom. The van der Waals surface area contributed by atoms with Crippen molar-refractivity contribution in [3.63, 3.8) is 0 Å². The summed E-state index contributed by atoms with van der Waals surface area (Å²) in [4.78, 5) is 49.3. The van der Waals surface area contributed by atoms with E-state index < -0.39 is 28.2 Å². The van der Waals surface area contributed by atoms with Crippen molar-refractivity contribution in [2.24, 2.45) is 0 Å². The fraction of sp³-hybridized carbons (Fsp3) is 0.227. The lowest BCUT2D eigenvalue weighted by molar-refractivity contribution is -0.384. The molecule has 2 aliphatic rings. The summed E-state index contributed by atoms with van der Waals surface area (Å²) in [5.74, 6) is -1.20. The molecule has 11 heteroatoms. The highest BCUT2D eigenvalue weighted by molar-refractivity contribution is 8.00. The van der Waals surface area contributed by atoms with Gasteiger partial charge in [-0.15, -0.1) is 11.8 Å². The average molecular weight is 488 g/mol. The summed E-state index contributed by atoms with van der Waals surface area (Å²) in [5, 5.41) is 13.2. The molecule has 2 aromatic rings. The second-order valence-corrected chi connectivity index (χ2v) is 8.93. The third-order valence-electron chi connectivity index (χ3n) is 5.16. The summed E-state index contributed by atoms with van der Waals surface area (Å²) in [6.45, 7) is -0.137. The number of esters is 1. The van der Waals surface area contributed by atoms with E-state index in [1.165, 1.54) is 40.9 Å². The number of nitro benzene ring substituents is 1. The number of hydrogen-bond donors (Lipinski definition) is 1. The van der Waals surface area contributed by atoms with Crippen LogP contribution in [0.5, 0.6) is 0 Å². The van der Waals surface area contributed by atoms with E-state index in [4.69, 9.17) is 16.3 Å². The SMILES string of the molecule is O=C(Cc1ccccc1)NC1C(=O)N2C(C(=O)OCc3ccc([N+](=O)[O-])cc3)=C(Cl)CS[C@@H]12. The van der Waals surface area contributed by atoms with Crippen LogP contribution >= 0.6 is 23.4 Å². The molecule has 2 atom stereocenters. The van der Waals surface area contributed by atoms with Gasteiger partial charge in [0, 0.05) is 17.9 Å². The van der Waals surface area contributed by atoms with Crippen molar-refractivity contribution in [3.8, 4) is 0 Å². The monoisotopic (exact) mass is 487 g/mol. The molecule has 0 aromatic heterocycles. The second-order valence-electron chi connectivity index (χ2n) is 7.37. The van der Waals surface area contributed by atoms with Gasteiger partial charge in [0.15, 0.2) is 0 Å². The molecule has 2 aliphatic heterocycles. The number of nitrogens with one attached hydrogen (secondary N) is 1. The number of ether oxygens (including phenoxy) is 1. The van der Waals surface area contributed by atoms with Crippen molar-refractivity contribution >= 4 is 46.8 Å². The van der Waals surface area contributed by atoms with Crippen molar-refractivity contribution in [1.29, 1.82) is 0 Å². The number of amides is 2. The number of rotatable bonds is 7. The van der Waals surface area contributed by atoms with Crippen LogP contribution in [0, 0.1) is 10.1 Å². The van der Waals surface area contributed by atoms with Crippen LogP contribution in [0.3, 0.4) is 0 Å². The predicted octanol–water partition coefficient (Wildman–Crippen LogP) is 2.73. The number of nitrogens with zero attached hydrogens (tertiary/aromatic N) is 2. The van der Waals surface area contributed by atoms with Crippen molar-refractivity contribution in [2.75, 3.05) is 5.75 Å². The molecule has 0 radical (unpaired) electrons. The Morgan fingerprint density at radius 1 is 1.15 bits per heavy atom. The summed E-state index contributed by atoms with van der Waals surface area (Å²) < 4.78 is 5.29. The number of hydrogen-bond acceptors (Lipinski definition) is 7. The molecule has 9 nitrogen and oxygen atoms in total. The summed E-state index contributed by atoms with van der Waals surface area (Å²) in [6, 6.07) is 14.0. The van der Waals surface area contributed by atoms with Crippen molar-refractivity contribution < 1.29 is 24.0 Å². The van der Waals surface area contributed by atoms with Gasteiger partial charge in [0.05, 0.1) is 16.4 Å². The zero-order valence-electron chi connectivity index (χ0n) is 17.1. The average Bonchev–Trinajstić information content (AvgIpc) is 2.81. The van der Waals surface area contributed by atoms with Crippen molar-refractivity contribution in [3.05, 3.63) is 86.6 Å². The Labute approximate surface area is 197 Å². The third-order valence-corrected chi connectivity index (χ3v) is 6.91. The molecule has 1 N–H and O–H groups in total. The number of β-lactam (4-membered cyclic amide) rings is 1. The van der Waals surface area contributed by atoms with Gasteiger partial charge in [0.2, 0.25) is 5.91 Å². The van der Waals surface area contributed by atoms with Gasteiger partial charge in [0.1, 0.15) is 23.7 Å². The van der Waals surface area contributed by atoms with E-state index in [2.05, 4.69) is 5.32 Å². The fourth-order valence-electron chi connectivity index (χ4n) is 3.51. The van der Waals surface area contributed by atoms with Crippen LogP contribution in [0.25, 0.3) is 0 Å². The van der Waals surface area contributed by atoms with Crippen LogP contribution in [0.1, 0.15) is 11.1 Å². The highest BCUT2D eigenvalue weighted by Crippen LogP contribution is 2.41. The van der Waals surface area contributed by atoms with E-state index in [1.54, 1.807) is 0 Å². The standard InChI is InChI=1S/C22H18ClN3O6S/c23-16-12-33-21-18(24-17(27)10-13-4-2-1-3-5-13)20(28)25(21)19(16)22(29)32-11-14-6-8-15(9-7-14)26(30)31/h1-9,18,21H,10-12H2,(H,24,27)/t18?,21-/m0/s1. The van der Waals surface area contributed by atoms with E-state index >= 15 is 0 Å². The molecule has 1 unspecified atom stereocenters. The Hall–Kier alpha value is -3.37. The summed E-state index contributed by atoms with van der Waals surface area (Å²) in [7, 11) is 0. The van der Waals surface area contributed by atoms with Gasteiger partial charge in [-0.3, -0.25) is 24.6 Å². The zero-order valence-corrected chi connectivity index (χ0v) is 18.7. The number of fused-ring (bicyclic) bond motifs is 1. The molecule has 0 bridgehead atoms. The normalized spacial score (nSPS) is 19.4. The lowest BCUT2D eigenvalue weighted by Crippen LogP contribution is -2.70. The molecular formula is C22H18ClN3O6S. The molecule has 2 aromatic carbocycles. The Morgan fingerprint density at radius 3 is 2.52 bits per heavy atom. The molecular weight excluding hydrogens is 470 g/mol. The number of carbonyl (C=O) groups excluding carboxylic acids is 3. The Bertz CT molecular complexity index is 1140. The minimum atomic E-state index is -0.772. The lowest BCUT2D eigenvalue weighted by Gasteiger charge is -2.49. The maximum atomic E-state index is 12.8. The maximum Gasteiger partial charge on any atom is 0.356 e. The fourth-order valence-corrected chi connectivity index (χ4v) is 5.06. The van der Waals surface area contributed by atoms with E-state index in [-0.39, 0.29) is 35.4 Å². The van der Waals surface area contributed by atoms with Gasteiger partial charge in [-0.2, -0.15) is 0 Å². The topological polar surface area (TPSA) is 119 Å². The van der Waals surface area contributed by atoms with Gasteiger partial charge >= 0.3 is 5.97 Å². The largest absolute Gasteiger partial charge is 0.456 e. The van der Waals surface area contributed by atoms with Gasteiger partial charge in [0.25, 0.3) is 11.6 Å². The highest BCUT2D eigenvalue weighted by Gasteiger charge is 2.54. The lowest BCUT2D eigenvalue weighted by atomic mass is 10.0. The molecule has 170 valence electrons. The van der Waals surface area contributed by atoms with Crippen molar-refractivity contribution in [2.45, 2.75) is 24.4 Å². The summed E-state index contributed by atoms with van der Waals surface area (Å²) >= 11 is 7.59. The van der Waals surface area contributed by atoms with Crippen LogP contribution in [-0.2, 0) is 32.1 Å². The first-order valence-electron chi connectivity index (χ1n) is 9.92. The van der Waals surface area contributed by atoms with Gasteiger partial charge in [-0.05, 0) is 23.3 Å². The number of nitro groups is 1. The molecule has 2 heterocycles. The number of thioether (sulfide) groups is 1. The number of benzene rings is 2. The molecule has 0 spiro atoms. The molecule has 33 heavy (non-hydrogen) atoms. The second kappa shape index (κ2) is 9.63. The van der Waals surface area contributed by atoms with Gasteiger partial charge in [-0.25, -0.2) is 4.79 Å². The quantitative estimate of drug-likeness (QED) is 0.276. The Kier molecular flexibility index (Phi) is 6.66. The predicted molar refractivity (Wildman–Crippen MR) is 121 cm³/mol. The Balaban J connectivity index is 1.37. The minimum Gasteiger partial charge on any atom is -0.456 e. The van der Waals surface area contributed by atoms with Crippen LogP contribution in [0.4, 0.5) is 5.69 Å². The van der Waals surface area contributed by atoms with E-state index in [1.807, 2.05) is 30.3 Å². The molecule has 2 amide bonds. The number of halogens is 1. The number of non-ortho nitro benzene ring substituents is 1. The first-order chi connectivity index (χ1) is 15.8. The smallest absolute Gasteiger partial charge is 0.356 e. The van der Waals surface area contributed by atoms with E-state index in [0.717, 1.165) is 5.56 Å². The first kappa shape index (κ1) is 22.8. The third kappa shape index (κ3) is 4.86. The number of carbonyl (C=O) groups is 3. The summed E-state index contributed by atoms with van der Waals surface area (Å²) in [5.41, 5.74) is 1.26. The summed E-state index contributed by atoms with van der Waals surface area (Å²) in [6.07, 6.45) is 0.142.